The number of benzene rings is 2. The Kier molecular flexibility index (Phi) is 4.47. The first kappa shape index (κ1) is 18.0. The van der Waals surface area contributed by atoms with Gasteiger partial charge in [0, 0.05) is 29.9 Å². The van der Waals surface area contributed by atoms with Crippen LogP contribution in [-0.2, 0) is 6.42 Å². The van der Waals surface area contributed by atoms with Gasteiger partial charge in [-0.15, -0.1) is 0 Å². The molecule has 0 aliphatic carbocycles. The van der Waals surface area contributed by atoms with Crippen molar-refractivity contribution in [2.75, 3.05) is 6.54 Å². The number of amides is 3. The minimum absolute atomic E-state index is 0.221. The molecule has 0 spiro atoms. The molecular formula is C22H21N3O3. The molecular weight excluding hydrogens is 354 g/mol. The Balaban J connectivity index is 1.43. The molecule has 0 fully saturated rings. The molecule has 6 nitrogen and oxygen atoms in total. The Morgan fingerprint density at radius 1 is 1.04 bits per heavy atom. The van der Waals surface area contributed by atoms with Crippen molar-refractivity contribution < 1.29 is 14.4 Å². The van der Waals surface area contributed by atoms with Crippen molar-refractivity contribution >= 4 is 28.6 Å². The SMILES string of the molecule is CC(C)N1C(=O)c2ccc(C(=O)NCCc3ccc4cc[nH]c4c3)cc2C1=O. The van der Waals surface area contributed by atoms with Crippen LogP contribution >= 0.6 is 0 Å². The molecule has 0 saturated heterocycles. The average molecular weight is 375 g/mol. The van der Waals surface area contributed by atoms with Crippen LogP contribution in [0.1, 0.15) is 50.5 Å². The first-order valence-electron chi connectivity index (χ1n) is 9.32. The van der Waals surface area contributed by atoms with Gasteiger partial charge in [0.15, 0.2) is 0 Å². The molecule has 3 amide bonds. The Bertz CT molecular complexity index is 1100. The molecule has 142 valence electrons. The normalized spacial score (nSPS) is 13.5. The molecule has 0 radical (unpaired) electrons. The van der Waals surface area contributed by atoms with Crippen LogP contribution in [0.25, 0.3) is 10.9 Å². The smallest absolute Gasteiger partial charge is 0.261 e. The van der Waals surface area contributed by atoms with E-state index < -0.39 is 0 Å². The van der Waals surface area contributed by atoms with Crippen molar-refractivity contribution in [2.24, 2.45) is 0 Å². The predicted octanol–water partition coefficient (Wildman–Crippen LogP) is 3.14. The Morgan fingerprint density at radius 3 is 2.61 bits per heavy atom. The zero-order valence-corrected chi connectivity index (χ0v) is 15.8. The zero-order valence-electron chi connectivity index (χ0n) is 15.8. The molecule has 0 bridgehead atoms. The number of nitrogens with zero attached hydrogens (tertiary/aromatic N) is 1. The fourth-order valence-corrected chi connectivity index (χ4v) is 3.54. The van der Waals surface area contributed by atoms with Gasteiger partial charge in [0.05, 0.1) is 11.1 Å². The largest absolute Gasteiger partial charge is 0.361 e. The van der Waals surface area contributed by atoms with E-state index in [-0.39, 0.29) is 23.8 Å². The highest BCUT2D eigenvalue weighted by atomic mass is 16.2. The topological polar surface area (TPSA) is 82.3 Å². The number of H-pyrrole nitrogens is 1. The lowest BCUT2D eigenvalue weighted by molar-refractivity contribution is 0.0609. The van der Waals surface area contributed by atoms with E-state index in [0.29, 0.717) is 29.7 Å². The number of rotatable bonds is 5. The standard InChI is InChI=1S/C22H21N3O3/c1-13(2)25-21(27)17-6-5-16(12-18(17)22(25)28)20(26)24-9-7-14-3-4-15-8-10-23-19(15)11-14/h3-6,8,10-13,23H,7,9H2,1-2H3,(H,24,26). The van der Waals surface area contributed by atoms with E-state index in [2.05, 4.69) is 16.4 Å². The number of aromatic nitrogens is 1. The van der Waals surface area contributed by atoms with Gasteiger partial charge in [0.25, 0.3) is 17.7 Å². The second kappa shape index (κ2) is 6.96. The zero-order chi connectivity index (χ0) is 19.8. The van der Waals surface area contributed by atoms with Crippen LogP contribution in [-0.4, -0.2) is 40.2 Å². The van der Waals surface area contributed by atoms with Gasteiger partial charge in [-0.05, 0) is 61.5 Å². The summed E-state index contributed by atoms with van der Waals surface area (Å²) in [6.07, 6.45) is 2.60. The monoisotopic (exact) mass is 375 g/mol. The molecule has 2 aromatic carbocycles. The molecule has 0 unspecified atom stereocenters. The van der Waals surface area contributed by atoms with Crippen LogP contribution in [0.15, 0.2) is 48.7 Å². The quantitative estimate of drug-likeness (QED) is 0.672. The van der Waals surface area contributed by atoms with E-state index in [1.807, 2.05) is 24.4 Å². The summed E-state index contributed by atoms with van der Waals surface area (Å²) in [5.74, 6) is -0.905. The lowest BCUT2D eigenvalue weighted by Gasteiger charge is -2.17. The van der Waals surface area contributed by atoms with Gasteiger partial charge in [-0.2, -0.15) is 0 Å². The van der Waals surface area contributed by atoms with Crippen molar-refractivity contribution in [1.82, 2.24) is 15.2 Å². The van der Waals surface area contributed by atoms with Crippen LogP contribution in [0.3, 0.4) is 0 Å². The van der Waals surface area contributed by atoms with Crippen molar-refractivity contribution in [1.29, 1.82) is 0 Å². The molecule has 1 aliphatic rings. The highest BCUT2D eigenvalue weighted by Gasteiger charge is 2.37. The third-order valence-electron chi connectivity index (χ3n) is 5.02. The minimum atomic E-state index is -0.344. The van der Waals surface area contributed by atoms with E-state index in [0.717, 1.165) is 16.5 Å². The molecule has 4 rings (SSSR count). The Hall–Kier alpha value is -3.41. The van der Waals surface area contributed by atoms with E-state index in [1.54, 1.807) is 26.0 Å². The Morgan fingerprint density at radius 2 is 1.82 bits per heavy atom. The number of carbonyl (C=O) groups is 3. The third-order valence-corrected chi connectivity index (χ3v) is 5.02. The summed E-state index contributed by atoms with van der Waals surface area (Å²) >= 11 is 0. The second-order valence-corrected chi connectivity index (χ2v) is 7.24. The van der Waals surface area contributed by atoms with Gasteiger partial charge in [-0.1, -0.05) is 12.1 Å². The van der Waals surface area contributed by atoms with Crippen LogP contribution < -0.4 is 5.32 Å². The van der Waals surface area contributed by atoms with E-state index in [9.17, 15) is 14.4 Å². The maximum absolute atomic E-state index is 12.5. The maximum atomic E-state index is 12.5. The van der Waals surface area contributed by atoms with Crippen molar-refractivity contribution in [3.05, 3.63) is 70.9 Å². The second-order valence-electron chi connectivity index (χ2n) is 7.24. The summed E-state index contributed by atoms with van der Waals surface area (Å²) in [6.45, 7) is 4.06. The van der Waals surface area contributed by atoms with Gasteiger partial charge in [-0.3, -0.25) is 19.3 Å². The molecule has 1 aromatic heterocycles. The fraction of sp³-hybridized carbons (Fsp3) is 0.227. The van der Waals surface area contributed by atoms with E-state index in [4.69, 9.17) is 0 Å². The number of hydrogen-bond donors (Lipinski definition) is 2. The van der Waals surface area contributed by atoms with E-state index >= 15 is 0 Å². The summed E-state index contributed by atoms with van der Waals surface area (Å²) in [4.78, 5) is 41.7. The summed E-state index contributed by atoms with van der Waals surface area (Å²) < 4.78 is 0. The van der Waals surface area contributed by atoms with Crippen molar-refractivity contribution in [3.63, 3.8) is 0 Å². The predicted molar refractivity (Wildman–Crippen MR) is 106 cm³/mol. The fourth-order valence-electron chi connectivity index (χ4n) is 3.54. The number of hydrogen-bond acceptors (Lipinski definition) is 3. The Labute approximate surface area is 162 Å². The highest BCUT2D eigenvalue weighted by molar-refractivity contribution is 6.22. The molecule has 2 N–H and O–H groups in total. The van der Waals surface area contributed by atoms with Gasteiger partial charge in [-0.25, -0.2) is 0 Å². The summed E-state index contributed by atoms with van der Waals surface area (Å²) in [6, 6.07) is 12.6. The molecule has 6 heteroatoms. The molecule has 0 saturated carbocycles. The average Bonchev–Trinajstić information content (AvgIpc) is 3.23. The number of aromatic amines is 1. The third kappa shape index (κ3) is 3.07. The van der Waals surface area contributed by atoms with Crippen LogP contribution in [0, 0.1) is 0 Å². The number of imide groups is 1. The summed E-state index contributed by atoms with van der Waals surface area (Å²) in [5, 5.41) is 4.03. The number of fused-ring (bicyclic) bond motifs is 2. The number of nitrogens with one attached hydrogen (secondary N) is 2. The van der Waals surface area contributed by atoms with Gasteiger partial charge in [0.2, 0.25) is 0 Å². The lowest BCUT2D eigenvalue weighted by atomic mass is 10.1. The van der Waals surface area contributed by atoms with Crippen molar-refractivity contribution in [2.45, 2.75) is 26.3 Å². The van der Waals surface area contributed by atoms with Gasteiger partial charge < -0.3 is 10.3 Å². The molecule has 28 heavy (non-hydrogen) atoms. The first-order valence-corrected chi connectivity index (χ1v) is 9.32. The molecule has 3 aromatic rings. The maximum Gasteiger partial charge on any atom is 0.261 e. The van der Waals surface area contributed by atoms with Crippen LogP contribution in [0.5, 0.6) is 0 Å². The molecule has 2 heterocycles. The van der Waals surface area contributed by atoms with Crippen molar-refractivity contribution in [3.8, 4) is 0 Å². The number of carbonyl (C=O) groups excluding carboxylic acids is 3. The summed E-state index contributed by atoms with van der Waals surface area (Å²) in [5.41, 5.74) is 3.22. The lowest BCUT2D eigenvalue weighted by Crippen LogP contribution is -2.35. The van der Waals surface area contributed by atoms with Crippen LogP contribution in [0.2, 0.25) is 0 Å². The molecule has 1 aliphatic heterocycles. The molecule has 0 atom stereocenters. The minimum Gasteiger partial charge on any atom is -0.361 e. The first-order chi connectivity index (χ1) is 13.5. The summed E-state index contributed by atoms with van der Waals surface area (Å²) in [7, 11) is 0. The van der Waals surface area contributed by atoms with E-state index in [1.165, 1.54) is 11.0 Å². The van der Waals surface area contributed by atoms with Crippen LogP contribution in [0.4, 0.5) is 0 Å². The highest BCUT2D eigenvalue weighted by Crippen LogP contribution is 2.25. The van der Waals surface area contributed by atoms with Gasteiger partial charge in [0.1, 0.15) is 0 Å². The van der Waals surface area contributed by atoms with Gasteiger partial charge >= 0.3 is 0 Å².